The van der Waals surface area contributed by atoms with Crippen molar-refractivity contribution >= 4 is 11.6 Å². The van der Waals surface area contributed by atoms with E-state index in [1.165, 1.54) is 12.8 Å². The molecule has 0 aliphatic heterocycles. The third-order valence-corrected chi connectivity index (χ3v) is 2.56. The predicted molar refractivity (Wildman–Crippen MR) is 59.6 cm³/mol. The van der Waals surface area contributed by atoms with Crippen LogP contribution in [0.25, 0.3) is 0 Å². The monoisotopic (exact) mass is 215 g/mol. The third-order valence-electron chi connectivity index (χ3n) is 2.36. The first-order chi connectivity index (χ1) is 6.76. The first-order valence-electron chi connectivity index (χ1n) is 5.17. The van der Waals surface area contributed by atoms with Crippen LogP contribution < -0.4 is 5.32 Å². The molecule has 3 nitrogen and oxygen atoms in total. The highest BCUT2D eigenvalue weighted by atomic mass is 35.5. The largest absolute Gasteiger partial charge is 0.312 e. The molecule has 0 aromatic carbocycles. The van der Waals surface area contributed by atoms with Gasteiger partial charge in [-0.3, -0.25) is 4.68 Å². The summed E-state index contributed by atoms with van der Waals surface area (Å²) in [5.74, 6) is 0. The minimum Gasteiger partial charge on any atom is -0.312 e. The average Bonchev–Trinajstić information content (AvgIpc) is 2.59. The van der Waals surface area contributed by atoms with Crippen LogP contribution in [0.2, 0.25) is 5.02 Å². The molecule has 0 unspecified atom stereocenters. The molecule has 1 heterocycles. The molecule has 14 heavy (non-hydrogen) atoms. The zero-order chi connectivity index (χ0) is 10.4. The van der Waals surface area contributed by atoms with Gasteiger partial charge in [-0.25, -0.2) is 0 Å². The summed E-state index contributed by atoms with van der Waals surface area (Å²) in [4.78, 5) is 0. The number of halogens is 1. The van der Waals surface area contributed by atoms with Crippen LogP contribution >= 0.6 is 11.6 Å². The molecule has 0 radical (unpaired) electrons. The van der Waals surface area contributed by atoms with Crippen LogP contribution in [0.1, 0.15) is 26.7 Å². The Hall–Kier alpha value is -0.540. The number of nitrogens with zero attached hydrogens (tertiary/aromatic N) is 2. The molecule has 0 atom stereocenters. The van der Waals surface area contributed by atoms with Gasteiger partial charge in [0.15, 0.2) is 0 Å². The molecule has 0 aliphatic rings. The van der Waals surface area contributed by atoms with Gasteiger partial charge in [-0.15, -0.1) is 0 Å². The minimum absolute atomic E-state index is 0.626. The van der Waals surface area contributed by atoms with Gasteiger partial charge < -0.3 is 5.32 Å². The van der Waals surface area contributed by atoms with Crippen molar-refractivity contribution in [2.24, 2.45) is 0 Å². The van der Waals surface area contributed by atoms with E-state index in [0.29, 0.717) is 11.1 Å². The molecule has 1 aromatic heterocycles. The van der Waals surface area contributed by atoms with Crippen LogP contribution in [0.3, 0.4) is 0 Å². The van der Waals surface area contributed by atoms with Crippen LogP contribution in [0.15, 0.2) is 12.4 Å². The lowest BCUT2D eigenvalue weighted by molar-refractivity contribution is 0.454. The lowest BCUT2D eigenvalue weighted by Crippen LogP contribution is -2.30. The summed E-state index contributed by atoms with van der Waals surface area (Å²) in [5.41, 5.74) is 0. The highest BCUT2D eigenvalue weighted by Crippen LogP contribution is 2.04. The van der Waals surface area contributed by atoms with E-state index in [9.17, 15) is 0 Å². The first kappa shape index (κ1) is 11.5. The van der Waals surface area contributed by atoms with Crippen molar-refractivity contribution < 1.29 is 0 Å². The summed E-state index contributed by atoms with van der Waals surface area (Å²) < 4.78 is 1.86. The Bertz CT molecular complexity index is 256. The summed E-state index contributed by atoms with van der Waals surface area (Å²) in [7, 11) is 0. The summed E-state index contributed by atoms with van der Waals surface area (Å²) in [5, 5.41) is 8.28. The second-order valence-corrected chi connectivity index (χ2v) is 3.83. The van der Waals surface area contributed by atoms with Gasteiger partial charge in [0.25, 0.3) is 0 Å². The van der Waals surface area contributed by atoms with E-state index >= 15 is 0 Å². The minimum atomic E-state index is 0.626. The van der Waals surface area contributed by atoms with E-state index in [1.54, 1.807) is 6.20 Å². The fraction of sp³-hybridized carbons (Fsp3) is 0.700. The summed E-state index contributed by atoms with van der Waals surface area (Å²) in [6.07, 6.45) is 5.86. The van der Waals surface area contributed by atoms with Crippen LogP contribution in [-0.2, 0) is 6.54 Å². The van der Waals surface area contributed by atoms with Gasteiger partial charge in [0.1, 0.15) is 0 Å². The topological polar surface area (TPSA) is 29.9 Å². The van der Waals surface area contributed by atoms with Crippen LogP contribution in [0, 0.1) is 0 Å². The number of rotatable bonds is 6. The SMILES string of the molecule is CCC(CC)NCCn1cc(Cl)cn1. The standard InChI is InChI=1S/C10H18ClN3/c1-3-10(4-2)12-5-6-14-8-9(11)7-13-14/h7-8,10,12H,3-6H2,1-2H3. The first-order valence-corrected chi connectivity index (χ1v) is 5.55. The zero-order valence-corrected chi connectivity index (χ0v) is 9.59. The van der Waals surface area contributed by atoms with Gasteiger partial charge in [0.2, 0.25) is 0 Å². The fourth-order valence-electron chi connectivity index (χ4n) is 1.42. The smallest absolute Gasteiger partial charge is 0.0785 e. The molecule has 4 heteroatoms. The average molecular weight is 216 g/mol. The maximum Gasteiger partial charge on any atom is 0.0785 e. The van der Waals surface area contributed by atoms with Crippen molar-refractivity contribution in [1.82, 2.24) is 15.1 Å². The van der Waals surface area contributed by atoms with Gasteiger partial charge in [-0.05, 0) is 12.8 Å². The zero-order valence-electron chi connectivity index (χ0n) is 8.83. The molecule has 0 fully saturated rings. The second-order valence-electron chi connectivity index (χ2n) is 3.39. The fourth-order valence-corrected chi connectivity index (χ4v) is 1.58. The lowest BCUT2D eigenvalue weighted by Gasteiger charge is -2.14. The molecule has 0 aliphatic carbocycles. The van der Waals surface area contributed by atoms with Crippen molar-refractivity contribution in [1.29, 1.82) is 0 Å². The van der Waals surface area contributed by atoms with E-state index in [0.717, 1.165) is 13.1 Å². The van der Waals surface area contributed by atoms with E-state index < -0.39 is 0 Å². The van der Waals surface area contributed by atoms with Crippen LogP contribution in [-0.4, -0.2) is 22.4 Å². The molecule has 1 N–H and O–H groups in total. The van der Waals surface area contributed by atoms with Crippen molar-refractivity contribution in [2.45, 2.75) is 39.3 Å². The number of hydrogen-bond acceptors (Lipinski definition) is 2. The maximum atomic E-state index is 5.75. The van der Waals surface area contributed by atoms with Gasteiger partial charge in [-0.1, -0.05) is 25.4 Å². The molecule has 1 rings (SSSR count). The lowest BCUT2D eigenvalue weighted by atomic mass is 10.2. The van der Waals surface area contributed by atoms with Crippen molar-refractivity contribution in [3.05, 3.63) is 17.4 Å². The molecule has 0 bridgehead atoms. The molecule has 0 spiro atoms. The van der Waals surface area contributed by atoms with E-state index in [2.05, 4.69) is 24.3 Å². The molecular formula is C10H18ClN3. The summed E-state index contributed by atoms with van der Waals surface area (Å²) in [6, 6.07) is 0.626. The Morgan fingerprint density at radius 3 is 2.71 bits per heavy atom. The maximum absolute atomic E-state index is 5.75. The molecule has 80 valence electrons. The Kier molecular flexibility index (Phi) is 4.98. The van der Waals surface area contributed by atoms with Gasteiger partial charge >= 0.3 is 0 Å². The number of nitrogens with one attached hydrogen (secondary N) is 1. The molecule has 1 aromatic rings. The van der Waals surface area contributed by atoms with Crippen LogP contribution in [0.4, 0.5) is 0 Å². The Balaban J connectivity index is 2.21. The number of aromatic nitrogens is 2. The Morgan fingerprint density at radius 2 is 2.21 bits per heavy atom. The van der Waals surface area contributed by atoms with Crippen molar-refractivity contribution in [3.63, 3.8) is 0 Å². The van der Waals surface area contributed by atoms with E-state index in [4.69, 9.17) is 11.6 Å². The highest BCUT2D eigenvalue weighted by molar-refractivity contribution is 6.30. The molecule has 0 amide bonds. The van der Waals surface area contributed by atoms with E-state index in [1.807, 2.05) is 10.9 Å². The predicted octanol–water partition coefficient (Wildman–Crippen LogP) is 2.31. The molecule has 0 saturated heterocycles. The second kappa shape index (κ2) is 6.04. The van der Waals surface area contributed by atoms with Gasteiger partial charge in [0, 0.05) is 18.8 Å². The normalized spacial score (nSPS) is 11.1. The number of hydrogen-bond donors (Lipinski definition) is 1. The summed E-state index contributed by atoms with van der Waals surface area (Å²) in [6.45, 7) is 6.23. The highest BCUT2D eigenvalue weighted by Gasteiger charge is 2.01. The molecular weight excluding hydrogens is 198 g/mol. The Morgan fingerprint density at radius 1 is 1.50 bits per heavy atom. The van der Waals surface area contributed by atoms with E-state index in [-0.39, 0.29) is 0 Å². The molecule has 0 saturated carbocycles. The van der Waals surface area contributed by atoms with Crippen molar-refractivity contribution in [2.75, 3.05) is 6.54 Å². The Labute approximate surface area is 90.4 Å². The van der Waals surface area contributed by atoms with Crippen molar-refractivity contribution in [3.8, 4) is 0 Å². The van der Waals surface area contributed by atoms with Gasteiger partial charge in [-0.2, -0.15) is 5.10 Å². The van der Waals surface area contributed by atoms with Gasteiger partial charge in [0.05, 0.1) is 17.8 Å². The third kappa shape index (κ3) is 3.68. The van der Waals surface area contributed by atoms with Crippen LogP contribution in [0.5, 0.6) is 0 Å². The summed E-state index contributed by atoms with van der Waals surface area (Å²) >= 11 is 5.75. The quantitative estimate of drug-likeness (QED) is 0.790.